The van der Waals surface area contributed by atoms with Gasteiger partial charge in [0.15, 0.2) is 0 Å². The van der Waals surface area contributed by atoms with Crippen LogP contribution in [0.15, 0.2) is 53.5 Å². The van der Waals surface area contributed by atoms with E-state index in [4.69, 9.17) is 9.47 Å². The van der Waals surface area contributed by atoms with Crippen molar-refractivity contribution in [1.82, 2.24) is 9.38 Å². The molecule has 2 aromatic heterocycles. The molecule has 1 atom stereocenters. The van der Waals surface area contributed by atoms with Gasteiger partial charge in [-0.3, -0.25) is 14.0 Å². The summed E-state index contributed by atoms with van der Waals surface area (Å²) >= 11 is 0. The number of carbonyl (C=O) groups excluding carboxylic acids is 1. The molecule has 7 heteroatoms. The van der Waals surface area contributed by atoms with Crippen LogP contribution in [0.25, 0.3) is 5.65 Å². The molecule has 0 radical (unpaired) electrons. The maximum atomic E-state index is 12.8. The number of nitrogens with zero attached hydrogens (tertiary/aromatic N) is 2. The van der Waals surface area contributed by atoms with Gasteiger partial charge in [-0.1, -0.05) is 18.2 Å². The molecule has 3 aromatic rings. The molecule has 1 amide bonds. The Morgan fingerprint density at radius 3 is 2.96 bits per heavy atom. The summed E-state index contributed by atoms with van der Waals surface area (Å²) in [5.74, 6) is 0.0136. The van der Waals surface area contributed by atoms with Crippen molar-refractivity contribution in [3.63, 3.8) is 0 Å². The molecule has 28 heavy (non-hydrogen) atoms. The van der Waals surface area contributed by atoms with Crippen molar-refractivity contribution in [3.8, 4) is 5.75 Å². The molecule has 1 aliphatic rings. The fourth-order valence-corrected chi connectivity index (χ4v) is 3.27. The average Bonchev–Trinajstić information content (AvgIpc) is 3.21. The van der Waals surface area contributed by atoms with Crippen LogP contribution in [0.3, 0.4) is 0 Å². The van der Waals surface area contributed by atoms with Crippen molar-refractivity contribution in [1.29, 1.82) is 0 Å². The molecule has 1 unspecified atom stereocenters. The lowest BCUT2D eigenvalue weighted by atomic mass is 10.2. The number of ether oxygens (including phenoxy) is 2. The molecular weight excluding hydrogens is 358 g/mol. The number of pyridine rings is 1. The first kappa shape index (κ1) is 18.2. The second-order valence-corrected chi connectivity index (χ2v) is 6.73. The first-order chi connectivity index (χ1) is 13.6. The van der Waals surface area contributed by atoms with Crippen molar-refractivity contribution >= 4 is 17.2 Å². The highest BCUT2D eigenvalue weighted by Crippen LogP contribution is 2.25. The molecule has 3 heterocycles. The van der Waals surface area contributed by atoms with E-state index in [0.29, 0.717) is 29.4 Å². The van der Waals surface area contributed by atoms with Crippen LogP contribution in [-0.4, -0.2) is 34.6 Å². The van der Waals surface area contributed by atoms with Gasteiger partial charge in [-0.05, 0) is 44.0 Å². The molecule has 1 aliphatic heterocycles. The Labute approximate surface area is 161 Å². The zero-order valence-electron chi connectivity index (χ0n) is 15.6. The molecule has 0 saturated carbocycles. The number of aromatic nitrogens is 2. The van der Waals surface area contributed by atoms with Crippen LogP contribution in [-0.2, 0) is 4.74 Å². The second-order valence-electron chi connectivity index (χ2n) is 6.73. The van der Waals surface area contributed by atoms with E-state index in [1.54, 1.807) is 37.3 Å². The smallest absolute Gasteiger partial charge is 0.270 e. The molecule has 4 rings (SSSR count). The Hall–Kier alpha value is -3.19. The summed E-state index contributed by atoms with van der Waals surface area (Å²) in [4.78, 5) is 29.8. The van der Waals surface area contributed by atoms with Crippen molar-refractivity contribution in [3.05, 3.63) is 70.3 Å². The molecule has 144 valence electrons. The van der Waals surface area contributed by atoms with E-state index < -0.39 is 11.5 Å². The molecule has 1 fully saturated rings. The number of fused-ring (bicyclic) bond motifs is 1. The number of anilines is 1. The van der Waals surface area contributed by atoms with Crippen LogP contribution in [0.4, 0.5) is 5.69 Å². The number of benzene rings is 1. The Morgan fingerprint density at radius 2 is 2.14 bits per heavy atom. The van der Waals surface area contributed by atoms with E-state index in [1.165, 1.54) is 10.6 Å². The van der Waals surface area contributed by atoms with Gasteiger partial charge in [0, 0.05) is 18.5 Å². The lowest BCUT2D eigenvalue weighted by Gasteiger charge is -2.15. The summed E-state index contributed by atoms with van der Waals surface area (Å²) in [7, 11) is 0. The fourth-order valence-electron chi connectivity index (χ4n) is 3.27. The lowest BCUT2D eigenvalue weighted by molar-refractivity contribution is 0.0682. The second kappa shape index (κ2) is 7.82. The minimum absolute atomic E-state index is 0.0271. The predicted molar refractivity (Wildman–Crippen MR) is 105 cm³/mol. The predicted octanol–water partition coefficient (Wildman–Crippen LogP) is 2.81. The van der Waals surface area contributed by atoms with Gasteiger partial charge in [0.25, 0.3) is 11.5 Å². The number of amides is 1. The monoisotopic (exact) mass is 379 g/mol. The van der Waals surface area contributed by atoms with Gasteiger partial charge in [0.1, 0.15) is 23.6 Å². The van der Waals surface area contributed by atoms with Gasteiger partial charge in [0.2, 0.25) is 0 Å². The van der Waals surface area contributed by atoms with Crippen molar-refractivity contribution in [2.75, 3.05) is 18.5 Å². The number of para-hydroxylation sites is 2. The van der Waals surface area contributed by atoms with E-state index in [1.807, 2.05) is 12.1 Å². The third-order valence-electron chi connectivity index (χ3n) is 4.75. The largest absolute Gasteiger partial charge is 0.489 e. The SMILES string of the molecule is Cc1cccc2ncc(C(=O)Nc3ccccc3OCC3CCCO3)c(=O)n12. The molecule has 0 aliphatic carbocycles. The van der Waals surface area contributed by atoms with Crippen LogP contribution in [0.2, 0.25) is 0 Å². The van der Waals surface area contributed by atoms with Crippen molar-refractivity contribution < 1.29 is 14.3 Å². The Morgan fingerprint density at radius 1 is 1.29 bits per heavy atom. The van der Waals surface area contributed by atoms with E-state index in [9.17, 15) is 9.59 Å². The van der Waals surface area contributed by atoms with E-state index in [-0.39, 0.29) is 11.7 Å². The summed E-state index contributed by atoms with van der Waals surface area (Å²) in [6.07, 6.45) is 3.38. The minimum Gasteiger partial charge on any atom is -0.489 e. The maximum Gasteiger partial charge on any atom is 0.270 e. The standard InChI is InChI=1S/C21H21N3O4/c1-14-6-4-10-19-22-12-16(21(26)24(14)19)20(25)23-17-8-2-3-9-18(17)28-13-15-7-5-11-27-15/h2-4,6,8-10,12,15H,5,7,11,13H2,1H3,(H,23,25). The topological polar surface area (TPSA) is 81.9 Å². The number of hydrogen-bond donors (Lipinski definition) is 1. The number of aryl methyl sites for hydroxylation is 1. The molecule has 0 bridgehead atoms. The van der Waals surface area contributed by atoms with Gasteiger partial charge in [-0.15, -0.1) is 0 Å². The fraction of sp³-hybridized carbons (Fsp3) is 0.286. The normalized spacial score (nSPS) is 16.2. The molecule has 7 nitrogen and oxygen atoms in total. The maximum absolute atomic E-state index is 12.8. The highest BCUT2D eigenvalue weighted by molar-refractivity contribution is 6.04. The first-order valence-electron chi connectivity index (χ1n) is 9.25. The number of carbonyl (C=O) groups is 1. The van der Waals surface area contributed by atoms with Gasteiger partial charge < -0.3 is 14.8 Å². The van der Waals surface area contributed by atoms with Gasteiger partial charge in [0.05, 0.1) is 11.8 Å². The van der Waals surface area contributed by atoms with Crippen LogP contribution >= 0.6 is 0 Å². The number of hydrogen-bond acceptors (Lipinski definition) is 5. The van der Waals surface area contributed by atoms with E-state index in [0.717, 1.165) is 19.4 Å². The van der Waals surface area contributed by atoms with Crippen LogP contribution < -0.4 is 15.6 Å². The molecule has 1 saturated heterocycles. The van der Waals surface area contributed by atoms with E-state index in [2.05, 4.69) is 10.3 Å². The lowest BCUT2D eigenvalue weighted by Crippen LogP contribution is -2.28. The zero-order chi connectivity index (χ0) is 19.5. The first-order valence-corrected chi connectivity index (χ1v) is 9.25. The van der Waals surface area contributed by atoms with Crippen LogP contribution in [0.5, 0.6) is 5.75 Å². The zero-order valence-corrected chi connectivity index (χ0v) is 15.6. The molecule has 1 N–H and O–H groups in total. The third-order valence-corrected chi connectivity index (χ3v) is 4.75. The summed E-state index contributed by atoms with van der Waals surface area (Å²) in [5, 5.41) is 2.77. The third kappa shape index (κ3) is 3.61. The van der Waals surface area contributed by atoms with Crippen molar-refractivity contribution in [2.45, 2.75) is 25.9 Å². The van der Waals surface area contributed by atoms with Gasteiger partial charge in [-0.25, -0.2) is 4.98 Å². The van der Waals surface area contributed by atoms with Gasteiger partial charge >= 0.3 is 0 Å². The molecule has 1 aromatic carbocycles. The number of nitrogens with one attached hydrogen (secondary N) is 1. The molecule has 0 spiro atoms. The minimum atomic E-state index is -0.525. The van der Waals surface area contributed by atoms with Crippen LogP contribution in [0.1, 0.15) is 28.9 Å². The summed E-state index contributed by atoms with van der Waals surface area (Å²) in [5.41, 5.74) is 1.28. The highest BCUT2D eigenvalue weighted by Gasteiger charge is 2.19. The summed E-state index contributed by atoms with van der Waals surface area (Å²) in [6, 6.07) is 12.5. The summed E-state index contributed by atoms with van der Waals surface area (Å²) < 4.78 is 12.8. The molecular formula is C21H21N3O4. The number of rotatable bonds is 5. The van der Waals surface area contributed by atoms with Gasteiger partial charge in [-0.2, -0.15) is 0 Å². The van der Waals surface area contributed by atoms with Crippen LogP contribution in [0, 0.1) is 6.92 Å². The quantitative estimate of drug-likeness (QED) is 0.737. The summed E-state index contributed by atoms with van der Waals surface area (Å²) in [6.45, 7) is 2.98. The highest BCUT2D eigenvalue weighted by atomic mass is 16.5. The Bertz CT molecular complexity index is 1070. The van der Waals surface area contributed by atoms with Crippen molar-refractivity contribution in [2.24, 2.45) is 0 Å². The Kier molecular flexibility index (Phi) is 5.08. The average molecular weight is 379 g/mol. The Balaban J connectivity index is 1.57. The van der Waals surface area contributed by atoms with E-state index >= 15 is 0 Å².